The predicted octanol–water partition coefficient (Wildman–Crippen LogP) is 5.56. The van der Waals surface area contributed by atoms with Crippen molar-refractivity contribution in [1.29, 1.82) is 0 Å². The summed E-state index contributed by atoms with van der Waals surface area (Å²) in [5.74, 6) is -1.37. The van der Waals surface area contributed by atoms with E-state index >= 15 is 0 Å². The van der Waals surface area contributed by atoms with Gasteiger partial charge in [0.25, 0.3) is 0 Å². The second-order valence-corrected chi connectivity index (χ2v) is 7.96. The molecule has 4 aromatic rings. The minimum absolute atomic E-state index is 0.115. The minimum Gasteiger partial charge on any atom is -0.456 e. The molecule has 8 heteroatoms. The van der Waals surface area contributed by atoms with E-state index in [4.69, 9.17) is 9.47 Å². The molecular formula is C28H14O8. The zero-order chi connectivity index (χ0) is 24.8. The second-order valence-electron chi connectivity index (χ2n) is 7.96. The highest BCUT2D eigenvalue weighted by Crippen LogP contribution is 2.35. The van der Waals surface area contributed by atoms with Gasteiger partial charge in [0.1, 0.15) is 34.1 Å². The van der Waals surface area contributed by atoms with Gasteiger partial charge >= 0.3 is 23.9 Å². The molecule has 2 aliphatic heterocycles. The maximum absolute atomic E-state index is 12.0. The lowest BCUT2D eigenvalue weighted by atomic mass is 10.1. The van der Waals surface area contributed by atoms with Crippen molar-refractivity contribution in [3.8, 4) is 34.1 Å². The lowest BCUT2D eigenvalue weighted by Crippen LogP contribution is -1.98. The second kappa shape index (κ2) is 8.21. The maximum atomic E-state index is 12.0. The van der Waals surface area contributed by atoms with E-state index in [1.165, 1.54) is 12.1 Å². The quantitative estimate of drug-likeness (QED) is 0.271. The Hall–Kier alpha value is -5.24. The maximum Gasteiger partial charge on any atom is 0.350 e. The van der Waals surface area contributed by atoms with Gasteiger partial charge in [-0.3, -0.25) is 0 Å². The van der Waals surface area contributed by atoms with Gasteiger partial charge in [-0.15, -0.1) is 0 Å². The number of benzene rings is 4. The molecule has 0 spiro atoms. The molecule has 4 aromatic carbocycles. The Morgan fingerprint density at radius 1 is 0.444 bits per heavy atom. The van der Waals surface area contributed by atoms with Crippen LogP contribution in [0.3, 0.4) is 0 Å². The lowest BCUT2D eigenvalue weighted by molar-refractivity contribution is 0.0424. The van der Waals surface area contributed by atoms with Gasteiger partial charge in [-0.1, -0.05) is 36.4 Å². The van der Waals surface area contributed by atoms with Gasteiger partial charge in [0.05, 0.1) is 11.1 Å². The fraction of sp³-hybridized carbons (Fsp3) is 0. The molecule has 174 valence electrons. The highest BCUT2D eigenvalue weighted by Gasteiger charge is 2.34. The van der Waals surface area contributed by atoms with E-state index in [9.17, 15) is 19.2 Å². The Labute approximate surface area is 203 Å². The van der Waals surface area contributed by atoms with Crippen LogP contribution in [0.5, 0.6) is 23.0 Å². The normalized spacial score (nSPS) is 13.7. The highest BCUT2D eigenvalue weighted by atomic mass is 16.6. The number of esters is 4. The lowest BCUT2D eigenvalue weighted by Gasteiger charge is -2.10. The summed E-state index contributed by atoms with van der Waals surface area (Å²) in [6.07, 6.45) is 0. The number of rotatable bonds is 5. The van der Waals surface area contributed by atoms with E-state index in [2.05, 4.69) is 9.47 Å². The summed E-state index contributed by atoms with van der Waals surface area (Å²) in [5, 5.41) is 0. The summed E-state index contributed by atoms with van der Waals surface area (Å²) < 4.78 is 21.0. The van der Waals surface area contributed by atoms with Crippen molar-refractivity contribution in [2.24, 2.45) is 0 Å². The fourth-order valence-electron chi connectivity index (χ4n) is 4.06. The third-order valence-corrected chi connectivity index (χ3v) is 5.77. The van der Waals surface area contributed by atoms with Crippen LogP contribution < -0.4 is 9.47 Å². The first-order valence-corrected chi connectivity index (χ1v) is 10.8. The van der Waals surface area contributed by atoms with Gasteiger partial charge in [0, 0.05) is 0 Å². The minimum atomic E-state index is -0.728. The number of ether oxygens (including phenoxy) is 4. The monoisotopic (exact) mass is 478 g/mol. The van der Waals surface area contributed by atoms with Crippen molar-refractivity contribution >= 4 is 23.9 Å². The Balaban J connectivity index is 1.19. The van der Waals surface area contributed by atoms with Crippen LogP contribution in [-0.2, 0) is 9.47 Å². The van der Waals surface area contributed by atoms with Crippen LogP contribution in [0, 0.1) is 0 Å². The van der Waals surface area contributed by atoms with Gasteiger partial charge in [-0.2, -0.15) is 0 Å². The van der Waals surface area contributed by atoms with Crippen molar-refractivity contribution in [3.63, 3.8) is 0 Å². The molecule has 2 heterocycles. The van der Waals surface area contributed by atoms with Crippen molar-refractivity contribution < 1.29 is 38.1 Å². The Morgan fingerprint density at radius 2 is 0.833 bits per heavy atom. The molecule has 0 unspecified atom stereocenters. The first kappa shape index (κ1) is 21.3. The molecule has 0 radical (unpaired) electrons. The molecule has 0 aromatic heterocycles. The van der Waals surface area contributed by atoms with E-state index in [1.807, 2.05) is 24.3 Å². The molecule has 0 fully saturated rings. The first-order valence-electron chi connectivity index (χ1n) is 10.8. The van der Waals surface area contributed by atoms with Gasteiger partial charge in [-0.25, -0.2) is 19.2 Å². The topological polar surface area (TPSA) is 105 Å². The first-order chi connectivity index (χ1) is 17.5. The number of carbonyl (C=O) groups is 4. The number of cyclic esters (lactones) is 4. The Morgan fingerprint density at radius 3 is 1.22 bits per heavy atom. The number of hydrogen-bond acceptors (Lipinski definition) is 8. The summed E-state index contributed by atoms with van der Waals surface area (Å²) in [6.45, 7) is 0. The van der Waals surface area contributed by atoms with E-state index < -0.39 is 23.9 Å². The molecule has 6 rings (SSSR count). The molecule has 0 saturated heterocycles. The van der Waals surface area contributed by atoms with Crippen LogP contribution in [-0.4, -0.2) is 23.9 Å². The molecule has 0 atom stereocenters. The van der Waals surface area contributed by atoms with Crippen LogP contribution in [0.2, 0.25) is 0 Å². The highest BCUT2D eigenvalue weighted by molar-refractivity contribution is 6.16. The third kappa shape index (κ3) is 3.57. The van der Waals surface area contributed by atoms with Gasteiger partial charge < -0.3 is 18.9 Å². The number of carbonyl (C=O) groups excluding carboxylic acids is 4. The average Bonchev–Trinajstić information content (AvgIpc) is 3.35. The predicted molar refractivity (Wildman–Crippen MR) is 124 cm³/mol. The van der Waals surface area contributed by atoms with E-state index in [0.717, 1.165) is 11.1 Å². The van der Waals surface area contributed by atoms with E-state index in [-0.39, 0.29) is 33.8 Å². The molecular weight excluding hydrogens is 464 g/mol. The van der Waals surface area contributed by atoms with Crippen molar-refractivity contribution in [3.05, 3.63) is 107 Å². The Bertz CT molecular complexity index is 1460. The van der Waals surface area contributed by atoms with Crippen molar-refractivity contribution in [2.75, 3.05) is 0 Å². The molecule has 0 amide bonds. The van der Waals surface area contributed by atoms with Crippen LogP contribution >= 0.6 is 0 Å². The summed E-state index contributed by atoms with van der Waals surface area (Å²) in [4.78, 5) is 47.5. The van der Waals surface area contributed by atoms with Gasteiger partial charge in [0.15, 0.2) is 0 Å². The molecule has 8 nitrogen and oxygen atoms in total. The molecule has 0 saturated carbocycles. The zero-order valence-electron chi connectivity index (χ0n) is 18.3. The van der Waals surface area contributed by atoms with Gasteiger partial charge in [-0.05, 0) is 59.7 Å². The van der Waals surface area contributed by atoms with Crippen LogP contribution in [0.15, 0.2) is 84.9 Å². The zero-order valence-corrected chi connectivity index (χ0v) is 18.3. The van der Waals surface area contributed by atoms with Crippen LogP contribution in [0.25, 0.3) is 11.1 Å². The van der Waals surface area contributed by atoms with Gasteiger partial charge in [0.2, 0.25) is 0 Å². The van der Waals surface area contributed by atoms with Crippen molar-refractivity contribution in [2.45, 2.75) is 0 Å². The van der Waals surface area contributed by atoms with E-state index in [1.54, 1.807) is 48.5 Å². The smallest absolute Gasteiger partial charge is 0.350 e. The molecule has 2 aliphatic rings. The largest absolute Gasteiger partial charge is 0.456 e. The summed E-state index contributed by atoms with van der Waals surface area (Å²) >= 11 is 0. The molecule has 0 N–H and O–H groups in total. The standard InChI is InChI=1S/C28H14O8/c29-25-19-3-1-5-21(23(19)27(31)35-25)33-17-11-7-15(8-12-17)16-9-13-18(14-10-16)34-22-6-2-4-20-24(22)28(32)36-26(20)30/h1-14H. The van der Waals surface area contributed by atoms with E-state index in [0.29, 0.717) is 11.5 Å². The SMILES string of the molecule is O=C1OC(=O)c2c(Oc3ccc(-c4ccc(Oc5cccc6c5C(=O)OC6=O)cc4)cc3)cccc21. The molecule has 36 heavy (non-hydrogen) atoms. The number of hydrogen-bond donors (Lipinski definition) is 0. The summed E-state index contributed by atoms with van der Waals surface area (Å²) in [5.41, 5.74) is 2.39. The van der Waals surface area contributed by atoms with Crippen LogP contribution in [0.4, 0.5) is 0 Å². The molecule has 0 aliphatic carbocycles. The number of fused-ring (bicyclic) bond motifs is 2. The van der Waals surface area contributed by atoms with Crippen LogP contribution in [0.1, 0.15) is 41.4 Å². The summed E-state index contributed by atoms with van der Waals surface area (Å²) in [7, 11) is 0. The third-order valence-electron chi connectivity index (χ3n) is 5.77. The summed E-state index contributed by atoms with van der Waals surface area (Å²) in [6, 6.07) is 23.9. The Kier molecular flexibility index (Phi) is 4.86. The molecule has 0 bridgehead atoms. The average molecular weight is 478 g/mol. The van der Waals surface area contributed by atoms with Crippen molar-refractivity contribution in [1.82, 2.24) is 0 Å². The fourth-order valence-corrected chi connectivity index (χ4v) is 4.06.